The van der Waals surface area contributed by atoms with E-state index in [1.165, 1.54) is 0 Å². The Kier molecular flexibility index (Phi) is 5.15. The van der Waals surface area contributed by atoms with Crippen molar-refractivity contribution in [1.29, 1.82) is 5.26 Å². The van der Waals surface area contributed by atoms with Crippen LogP contribution in [0.3, 0.4) is 0 Å². The van der Waals surface area contributed by atoms with Gasteiger partial charge in [-0.25, -0.2) is 0 Å². The molecular formula is C15H22N2O. The first-order chi connectivity index (χ1) is 8.59. The normalized spacial score (nSPS) is 17.0. The Hall–Kier alpha value is -1.56. The van der Waals surface area contributed by atoms with Crippen molar-refractivity contribution in [3.8, 4) is 6.07 Å². The van der Waals surface area contributed by atoms with E-state index in [1.807, 2.05) is 17.1 Å². The number of carbonyl (C=O) groups is 1. The van der Waals surface area contributed by atoms with E-state index in [2.05, 4.69) is 19.2 Å². The Morgan fingerprint density at radius 1 is 1.39 bits per heavy atom. The van der Waals surface area contributed by atoms with Crippen LogP contribution in [0.4, 0.5) is 0 Å². The summed E-state index contributed by atoms with van der Waals surface area (Å²) in [5.74, 6) is 0.456. The van der Waals surface area contributed by atoms with Crippen LogP contribution >= 0.6 is 0 Å². The molecule has 1 heterocycles. The van der Waals surface area contributed by atoms with E-state index in [1.54, 1.807) is 6.92 Å². The first kappa shape index (κ1) is 14.5. The summed E-state index contributed by atoms with van der Waals surface area (Å²) in [6.45, 7) is 10.7. The summed E-state index contributed by atoms with van der Waals surface area (Å²) in [5, 5.41) is 9.54. The third kappa shape index (κ3) is 3.01. The molecule has 3 nitrogen and oxygen atoms in total. The van der Waals surface area contributed by atoms with Gasteiger partial charge < -0.3 is 4.90 Å². The Morgan fingerprint density at radius 2 is 1.89 bits per heavy atom. The number of hydrogen-bond donors (Lipinski definition) is 0. The minimum absolute atomic E-state index is 0.128. The molecule has 3 heteroatoms. The van der Waals surface area contributed by atoms with Crippen LogP contribution < -0.4 is 0 Å². The average molecular weight is 246 g/mol. The van der Waals surface area contributed by atoms with Crippen molar-refractivity contribution in [3.05, 3.63) is 25.3 Å². The Bertz CT molecular complexity index is 349. The largest absolute Gasteiger partial charge is 0.343 e. The second-order valence-corrected chi connectivity index (χ2v) is 5.03. The molecule has 1 saturated heterocycles. The van der Waals surface area contributed by atoms with E-state index < -0.39 is 0 Å². The van der Waals surface area contributed by atoms with Gasteiger partial charge in [-0.05, 0) is 31.6 Å². The summed E-state index contributed by atoms with van der Waals surface area (Å²) >= 11 is 0. The van der Waals surface area contributed by atoms with Gasteiger partial charge in [-0.2, -0.15) is 5.26 Å². The lowest BCUT2D eigenvalue weighted by atomic mass is 9.68. The lowest BCUT2D eigenvalue weighted by Gasteiger charge is -2.39. The maximum absolute atomic E-state index is 11.3. The van der Waals surface area contributed by atoms with E-state index in [0.717, 1.165) is 25.9 Å². The first-order valence-corrected chi connectivity index (χ1v) is 6.48. The highest BCUT2D eigenvalue weighted by Crippen LogP contribution is 2.41. The van der Waals surface area contributed by atoms with Crippen molar-refractivity contribution in [2.24, 2.45) is 11.3 Å². The predicted molar refractivity (Wildman–Crippen MR) is 72.7 cm³/mol. The van der Waals surface area contributed by atoms with Crippen molar-refractivity contribution >= 4 is 5.91 Å². The van der Waals surface area contributed by atoms with Gasteiger partial charge in [-0.3, -0.25) is 4.79 Å². The number of rotatable bonds is 5. The molecule has 0 bridgehead atoms. The maximum atomic E-state index is 11.3. The van der Waals surface area contributed by atoms with Crippen LogP contribution in [0.2, 0.25) is 0 Å². The summed E-state index contributed by atoms with van der Waals surface area (Å²) in [7, 11) is 0. The summed E-state index contributed by atoms with van der Waals surface area (Å²) in [5.41, 5.74) is -0.383. The lowest BCUT2D eigenvalue weighted by Crippen LogP contribution is -2.42. The lowest BCUT2D eigenvalue weighted by molar-refractivity contribution is -0.130. The van der Waals surface area contributed by atoms with Crippen LogP contribution in [-0.4, -0.2) is 23.9 Å². The molecule has 0 saturated carbocycles. The van der Waals surface area contributed by atoms with Crippen LogP contribution in [0.5, 0.6) is 0 Å². The number of nitriles is 1. The number of carbonyl (C=O) groups excluding carboxylic acids is 1. The highest BCUT2D eigenvalue weighted by atomic mass is 16.2. The third-order valence-electron chi connectivity index (χ3n) is 3.96. The summed E-state index contributed by atoms with van der Waals surface area (Å²) in [6, 6.07) is 2.49. The molecule has 0 aliphatic carbocycles. The van der Waals surface area contributed by atoms with Crippen LogP contribution in [-0.2, 0) is 4.79 Å². The molecule has 1 aliphatic rings. The van der Waals surface area contributed by atoms with Gasteiger partial charge in [-0.15, -0.1) is 13.2 Å². The second-order valence-electron chi connectivity index (χ2n) is 5.03. The minimum Gasteiger partial charge on any atom is -0.343 e. The van der Waals surface area contributed by atoms with E-state index in [-0.39, 0.29) is 11.3 Å². The number of nitrogens with zero attached hydrogens (tertiary/aromatic N) is 2. The van der Waals surface area contributed by atoms with Crippen molar-refractivity contribution in [2.45, 2.75) is 32.6 Å². The van der Waals surface area contributed by atoms with Gasteiger partial charge in [-0.1, -0.05) is 12.2 Å². The SMILES string of the molecule is C=CCC(C#N)(CC=C)C1CCN(C(C)=O)CC1. The van der Waals surface area contributed by atoms with E-state index in [9.17, 15) is 10.1 Å². The number of allylic oxidation sites excluding steroid dienone is 2. The van der Waals surface area contributed by atoms with E-state index in [4.69, 9.17) is 0 Å². The molecular weight excluding hydrogens is 224 g/mol. The Labute approximate surface area is 110 Å². The molecule has 0 aromatic heterocycles. The molecule has 0 radical (unpaired) electrons. The van der Waals surface area contributed by atoms with Gasteiger partial charge in [0.25, 0.3) is 0 Å². The number of amides is 1. The monoisotopic (exact) mass is 246 g/mol. The first-order valence-electron chi connectivity index (χ1n) is 6.48. The van der Waals surface area contributed by atoms with Crippen LogP contribution in [0, 0.1) is 22.7 Å². The molecule has 0 unspecified atom stereocenters. The molecule has 18 heavy (non-hydrogen) atoms. The van der Waals surface area contributed by atoms with Gasteiger partial charge >= 0.3 is 0 Å². The van der Waals surface area contributed by atoms with Gasteiger partial charge in [0, 0.05) is 20.0 Å². The second kappa shape index (κ2) is 6.39. The fraction of sp³-hybridized carbons (Fsp3) is 0.600. The smallest absolute Gasteiger partial charge is 0.219 e. The van der Waals surface area contributed by atoms with Crippen molar-refractivity contribution in [1.82, 2.24) is 4.90 Å². The van der Waals surface area contributed by atoms with Crippen LogP contribution in [0.25, 0.3) is 0 Å². The molecule has 1 rings (SSSR count). The fourth-order valence-electron chi connectivity index (χ4n) is 2.86. The zero-order valence-corrected chi connectivity index (χ0v) is 11.2. The maximum Gasteiger partial charge on any atom is 0.219 e. The van der Waals surface area contributed by atoms with Gasteiger partial charge in [0.05, 0.1) is 11.5 Å². The highest BCUT2D eigenvalue weighted by molar-refractivity contribution is 5.73. The standard InChI is InChI=1S/C15H22N2O/c1-4-8-15(12-16,9-5-2)14-6-10-17(11-7-14)13(3)18/h4-5,14H,1-2,6-11H2,3H3. The predicted octanol–water partition coefficient (Wildman–Crippen LogP) is 2.91. The molecule has 1 amide bonds. The number of hydrogen-bond acceptors (Lipinski definition) is 2. The molecule has 0 aromatic rings. The van der Waals surface area contributed by atoms with Gasteiger partial charge in [0.2, 0.25) is 5.91 Å². The number of piperidine rings is 1. The molecule has 0 N–H and O–H groups in total. The summed E-state index contributed by atoms with van der Waals surface area (Å²) < 4.78 is 0. The molecule has 0 aromatic carbocycles. The Morgan fingerprint density at radius 3 is 2.22 bits per heavy atom. The van der Waals surface area contributed by atoms with Crippen molar-refractivity contribution in [3.63, 3.8) is 0 Å². The fourth-order valence-corrected chi connectivity index (χ4v) is 2.86. The van der Waals surface area contributed by atoms with Crippen LogP contribution in [0.15, 0.2) is 25.3 Å². The topological polar surface area (TPSA) is 44.1 Å². The quantitative estimate of drug-likeness (QED) is 0.700. The molecule has 0 spiro atoms. The molecule has 98 valence electrons. The Balaban J connectivity index is 2.77. The zero-order valence-electron chi connectivity index (χ0n) is 11.2. The summed E-state index contributed by atoms with van der Waals surface area (Å²) in [4.78, 5) is 13.2. The van der Waals surface area contributed by atoms with Crippen LogP contribution in [0.1, 0.15) is 32.6 Å². The number of likely N-dealkylation sites (tertiary alicyclic amines) is 1. The molecule has 1 fully saturated rings. The van der Waals surface area contributed by atoms with Crippen molar-refractivity contribution in [2.75, 3.05) is 13.1 Å². The minimum atomic E-state index is -0.383. The third-order valence-corrected chi connectivity index (χ3v) is 3.96. The molecule has 1 aliphatic heterocycles. The highest BCUT2D eigenvalue weighted by Gasteiger charge is 2.39. The summed E-state index contributed by atoms with van der Waals surface area (Å²) in [6.07, 6.45) is 6.83. The van der Waals surface area contributed by atoms with Crippen molar-refractivity contribution < 1.29 is 4.79 Å². The van der Waals surface area contributed by atoms with Gasteiger partial charge in [0.15, 0.2) is 0 Å². The van der Waals surface area contributed by atoms with E-state index >= 15 is 0 Å². The van der Waals surface area contributed by atoms with E-state index in [0.29, 0.717) is 18.8 Å². The van der Waals surface area contributed by atoms with Gasteiger partial charge in [0.1, 0.15) is 0 Å². The zero-order chi connectivity index (χ0) is 13.6. The molecule has 0 atom stereocenters. The average Bonchev–Trinajstić information content (AvgIpc) is 2.38.